The number of nitrogens with one attached hydrogen (secondary N) is 2. The molecule has 0 aliphatic carbocycles. The molecule has 0 bridgehead atoms. The van der Waals surface area contributed by atoms with E-state index in [1.807, 2.05) is 0 Å². The average Bonchev–Trinajstić information content (AvgIpc) is 2.96. The van der Waals surface area contributed by atoms with E-state index in [4.69, 9.17) is 4.42 Å². The van der Waals surface area contributed by atoms with Crippen LogP contribution in [-0.4, -0.2) is 17.2 Å². The van der Waals surface area contributed by atoms with Crippen molar-refractivity contribution in [1.82, 2.24) is 10.3 Å². The van der Waals surface area contributed by atoms with E-state index in [1.54, 1.807) is 18.4 Å². The van der Waals surface area contributed by atoms with E-state index < -0.39 is 0 Å². The molecule has 0 fully saturated rings. The SMILES string of the molecule is O=Cc1c[nH]c(C(=O)NCc2ccco2)c1. The van der Waals surface area contributed by atoms with Gasteiger partial charge in [-0.2, -0.15) is 0 Å². The molecule has 0 unspecified atom stereocenters. The van der Waals surface area contributed by atoms with Gasteiger partial charge in [0.1, 0.15) is 11.5 Å². The van der Waals surface area contributed by atoms with Gasteiger partial charge in [0.15, 0.2) is 6.29 Å². The predicted molar refractivity (Wildman–Crippen MR) is 56.1 cm³/mol. The monoisotopic (exact) mass is 218 g/mol. The Balaban J connectivity index is 1.95. The summed E-state index contributed by atoms with van der Waals surface area (Å²) in [6.07, 6.45) is 3.70. The number of H-pyrrole nitrogens is 1. The summed E-state index contributed by atoms with van der Waals surface area (Å²) in [5, 5.41) is 2.66. The maximum atomic E-state index is 11.6. The summed E-state index contributed by atoms with van der Waals surface area (Å²) in [4.78, 5) is 24.7. The minimum atomic E-state index is -0.274. The molecule has 16 heavy (non-hydrogen) atoms. The molecule has 2 heterocycles. The minimum Gasteiger partial charge on any atom is -0.467 e. The van der Waals surface area contributed by atoms with Crippen LogP contribution < -0.4 is 5.32 Å². The Morgan fingerprint density at radius 1 is 1.56 bits per heavy atom. The van der Waals surface area contributed by atoms with Gasteiger partial charge in [-0.1, -0.05) is 0 Å². The molecule has 2 rings (SSSR count). The van der Waals surface area contributed by atoms with E-state index in [2.05, 4.69) is 10.3 Å². The topological polar surface area (TPSA) is 75.1 Å². The van der Waals surface area contributed by atoms with E-state index in [0.29, 0.717) is 29.8 Å². The van der Waals surface area contributed by atoms with E-state index in [-0.39, 0.29) is 5.91 Å². The van der Waals surface area contributed by atoms with Crippen LogP contribution in [0.2, 0.25) is 0 Å². The molecule has 5 nitrogen and oxygen atoms in total. The smallest absolute Gasteiger partial charge is 0.268 e. The van der Waals surface area contributed by atoms with Crippen LogP contribution in [-0.2, 0) is 6.54 Å². The fraction of sp³-hybridized carbons (Fsp3) is 0.0909. The van der Waals surface area contributed by atoms with Gasteiger partial charge in [0.05, 0.1) is 12.8 Å². The van der Waals surface area contributed by atoms with Gasteiger partial charge < -0.3 is 14.7 Å². The van der Waals surface area contributed by atoms with Crippen molar-refractivity contribution < 1.29 is 14.0 Å². The quantitative estimate of drug-likeness (QED) is 0.760. The molecule has 5 heteroatoms. The summed E-state index contributed by atoms with van der Waals surface area (Å²) in [6, 6.07) is 5.01. The van der Waals surface area contributed by atoms with Crippen LogP contribution >= 0.6 is 0 Å². The molecule has 0 aliphatic rings. The lowest BCUT2D eigenvalue weighted by molar-refractivity contribution is 0.0943. The third kappa shape index (κ3) is 2.20. The Labute approximate surface area is 91.5 Å². The minimum absolute atomic E-state index is 0.274. The Kier molecular flexibility index (Phi) is 2.86. The van der Waals surface area contributed by atoms with Crippen molar-refractivity contribution in [3.8, 4) is 0 Å². The number of hydrogen-bond acceptors (Lipinski definition) is 3. The second kappa shape index (κ2) is 4.48. The molecule has 82 valence electrons. The standard InChI is InChI=1S/C11H10N2O3/c14-7-8-4-10(12-5-8)11(15)13-6-9-2-1-3-16-9/h1-5,7,12H,6H2,(H,13,15). The summed E-state index contributed by atoms with van der Waals surface area (Å²) < 4.78 is 5.07. The van der Waals surface area contributed by atoms with Crippen LogP contribution in [0.3, 0.4) is 0 Å². The number of aromatic amines is 1. The molecule has 2 aromatic heterocycles. The highest BCUT2D eigenvalue weighted by molar-refractivity contribution is 5.94. The van der Waals surface area contributed by atoms with Crippen molar-refractivity contribution in [3.05, 3.63) is 47.7 Å². The highest BCUT2D eigenvalue weighted by atomic mass is 16.3. The number of rotatable bonds is 4. The van der Waals surface area contributed by atoms with Gasteiger partial charge in [0.2, 0.25) is 0 Å². The third-order valence-electron chi connectivity index (χ3n) is 2.09. The van der Waals surface area contributed by atoms with Crippen LogP contribution in [0, 0.1) is 0 Å². The number of aldehydes is 1. The fourth-order valence-corrected chi connectivity index (χ4v) is 1.29. The van der Waals surface area contributed by atoms with Crippen molar-refractivity contribution in [2.75, 3.05) is 0 Å². The number of furan rings is 1. The highest BCUT2D eigenvalue weighted by Gasteiger charge is 2.08. The number of carbonyl (C=O) groups excluding carboxylic acids is 2. The first kappa shape index (κ1) is 10.2. The Bertz CT molecular complexity index is 485. The Hall–Kier alpha value is -2.30. The number of amides is 1. The zero-order chi connectivity index (χ0) is 11.4. The summed E-state index contributed by atoms with van der Waals surface area (Å²) in [5.41, 5.74) is 0.803. The molecular weight excluding hydrogens is 208 g/mol. The summed E-state index contributed by atoms with van der Waals surface area (Å²) in [5.74, 6) is 0.403. The predicted octanol–water partition coefficient (Wildman–Crippen LogP) is 1.35. The third-order valence-corrected chi connectivity index (χ3v) is 2.09. The zero-order valence-corrected chi connectivity index (χ0v) is 8.40. The van der Waals surface area contributed by atoms with Gasteiger partial charge in [-0.15, -0.1) is 0 Å². The molecular formula is C11H10N2O3. The van der Waals surface area contributed by atoms with Crippen molar-refractivity contribution in [2.24, 2.45) is 0 Å². The molecule has 0 aliphatic heterocycles. The largest absolute Gasteiger partial charge is 0.467 e. The summed E-state index contributed by atoms with van der Waals surface area (Å²) >= 11 is 0. The summed E-state index contributed by atoms with van der Waals surface area (Å²) in [6.45, 7) is 0.321. The van der Waals surface area contributed by atoms with E-state index >= 15 is 0 Å². The van der Waals surface area contributed by atoms with Gasteiger partial charge in [-0.3, -0.25) is 9.59 Å². The van der Waals surface area contributed by atoms with Gasteiger partial charge in [0.25, 0.3) is 5.91 Å². The Morgan fingerprint density at radius 3 is 3.06 bits per heavy atom. The zero-order valence-electron chi connectivity index (χ0n) is 8.40. The first-order chi connectivity index (χ1) is 7.79. The maximum Gasteiger partial charge on any atom is 0.268 e. The molecule has 2 aromatic rings. The lowest BCUT2D eigenvalue weighted by Crippen LogP contribution is -2.22. The van der Waals surface area contributed by atoms with Gasteiger partial charge in [-0.05, 0) is 18.2 Å². The summed E-state index contributed by atoms with van der Waals surface area (Å²) in [7, 11) is 0. The second-order valence-electron chi connectivity index (χ2n) is 3.23. The molecule has 0 saturated heterocycles. The molecule has 0 saturated carbocycles. The molecule has 0 aromatic carbocycles. The van der Waals surface area contributed by atoms with Gasteiger partial charge >= 0.3 is 0 Å². The van der Waals surface area contributed by atoms with E-state index in [9.17, 15) is 9.59 Å². The maximum absolute atomic E-state index is 11.6. The fourth-order valence-electron chi connectivity index (χ4n) is 1.29. The van der Waals surface area contributed by atoms with E-state index in [1.165, 1.54) is 12.3 Å². The second-order valence-corrected chi connectivity index (χ2v) is 3.23. The molecule has 2 N–H and O–H groups in total. The van der Waals surface area contributed by atoms with Crippen molar-refractivity contribution in [3.63, 3.8) is 0 Å². The Morgan fingerprint density at radius 2 is 2.44 bits per heavy atom. The number of aromatic nitrogens is 1. The molecule has 1 amide bonds. The first-order valence-corrected chi connectivity index (χ1v) is 4.74. The number of hydrogen-bond donors (Lipinski definition) is 2. The molecule has 0 radical (unpaired) electrons. The van der Waals surface area contributed by atoms with Crippen LogP contribution in [0.4, 0.5) is 0 Å². The van der Waals surface area contributed by atoms with Crippen LogP contribution in [0.5, 0.6) is 0 Å². The normalized spacial score (nSPS) is 10.0. The first-order valence-electron chi connectivity index (χ1n) is 4.74. The number of carbonyl (C=O) groups is 2. The van der Waals surface area contributed by atoms with Crippen LogP contribution in [0.25, 0.3) is 0 Å². The molecule has 0 spiro atoms. The van der Waals surface area contributed by atoms with Crippen LogP contribution in [0.1, 0.15) is 26.6 Å². The van der Waals surface area contributed by atoms with Crippen LogP contribution in [0.15, 0.2) is 35.1 Å². The van der Waals surface area contributed by atoms with E-state index in [0.717, 1.165) is 0 Å². The van der Waals surface area contributed by atoms with Gasteiger partial charge in [0, 0.05) is 11.8 Å². The lowest BCUT2D eigenvalue weighted by atomic mass is 10.3. The highest BCUT2D eigenvalue weighted by Crippen LogP contribution is 2.02. The van der Waals surface area contributed by atoms with Crippen molar-refractivity contribution in [2.45, 2.75) is 6.54 Å². The molecule has 0 atom stereocenters. The average molecular weight is 218 g/mol. The lowest BCUT2D eigenvalue weighted by Gasteiger charge is -2.00. The van der Waals surface area contributed by atoms with Crippen molar-refractivity contribution in [1.29, 1.82) is 0 Å². The van der Waals surface area contributed by atoms with Crippen molar-refractivity contribution >= 4 is 12.2 Å². The van der Waals surface area contributed by atoms with Gasteiger partial charge in [-0.25, -0.2) is 0 Å².